The zero-order valence-corrected chi connectivity index (χ0v) is 17.9. The van der Waals surface area contributed by atoms with E-state index < -0.39 is 0 Å². The summed E-state index contributed by atoms with van der Waals surface area (Å²) in [6.07, 6.45) is 1.92. The number of carbonyl (C=O) groups is 1. The van der Waals surface area contributed by atoms with E-state index in [9.17, 15) is 4.79 Å². The average Bonchev–Trinajstić information content (AvgIpc) is 2.72. The highest BCUT2D eigenvalue weighted by atomic mass is 16.5. The van der Waals surface area contributed by atoms with Gasteiger partial charge in [0.1, 0.15) is 6.10 Å². The molecule has 1 aliphatic rings. The van der Waals surface area contributed by atoms with Crippen LogP contribution in [0.25, 0.3) is 0 Å². The number of hydrogen-bond donors (Lipinski definition) is 1. The summed E-state index contributed by atoms with van der Waals surface area (Å²) < 4.78 is 11.9. The van der Waals surface area contributed by atoms with Crippen molar-refractivity contribution in [3.63, 3.8) is 0 Å². The molecule has 1 fully saturated rings. The van der Waals surface area contributed by atoms with Crippen LogP contribution in [0.3, 0.4) is 0 Å². The summed E-state index contributed by atoms with van der Waals surface area (Å²) in [5.41, 5.74) is 3.10. The molecule has 0 aromatic heterocycles. The van der Waals surface area contributed by atoms with E-state index in [1.807, 2.05) is 70.2 Å². The number of rotatable bonds is 7. The first kappa shape index (κ1) is 21.2. The summed E-state index contributed by atoms with van der Waals surface area (Å²) in [4.78, 5) is 15.0. The second-order valence-electron chi connectivity index (χ2n) is 7.66. The first-order valence-electron chi connectivity index (χ1n) is 10.5. The van der Waals surface area contributed by atoms with E-state index in [0.29, 0.717) is 6.61 Å². The third-order valence-corrected chi connectivity index (χ3v) is 5.58. The smallest absolute Gasteiger partial charge is 0.241 e. The van der Waals surface area contributed by atoms with Gasteiger partial charge in [-0.05, 0) is 63.8 Å². The van der Waals surface area contributed by atoms with Gasteiger partial charge in [-0.1, -0.05) is 30.3 Å². The van der Waals surface area contributed by atoms with Gasteiger partial charge in [0.2, 0.25) is 5.91 Å². The van der Waals surface area contributed by atoms with Crippen molar-refractivity contribution in [1.82, 2.24) is 4.90 Å². The van der Waals surface area contributed by atoms with Gasteiger partial charge in [-0.15, -0.1) is 0 Å². The Morgan fingerprint density at radius 2 is 1.69 bits per heavy atom. The minimum Gasteiger partial charge on any atom is -0.490 e. The number of ether oxygens (including phenoxy) is 2. The molecule has 0 saturated carbocycles. The third kappa shape index (κ3) is 5.30. The van der Waals surface area contributed by atoms with Crippen molar-refractivity contribution >= 4 is 11.6 Å². The summed E-state index contributed by atoms with van der Waals surface area (Å²) in [5, 5.41) is 3.12. The molecule has 3 rings (SSSR count). The summed E-state index contributed by atoms with van der Waals surface area (Å²) in [6.45, 7) is 10.3. The van der Waals surface area contributed by atoms with Crippen molar-refractivity contribution in [2.45, 2.75) is 52.7 Å². The van der Waals surface area contributed by atoms with Crippen molar-refractivity contribution in [3.05, 3.63) is 53.6 Å². The summed E-state index contributed by atoms with van der Waals surface area (Å²) in [6, 6.07) is 13.7. The van der Waals surface area contributed by atoms with Gasteiger partial charge in [-0.25, -0.2) is 0 Å². The molecule has 5 nitrogen and oxygen atoms in total. The molecule has 1 amide bonds. The molecule has 156 valence electrons. The molecule has 1 atom stereocenters. The van der Waals surface area contributed by atoms with Crippen LogP contribution in [0, 0.1) is 13.8 Å². The van der Waals surface area contributed by atoms with Crippen molar-refractivity contribution in [1.29, 1.82) is 0 Å². The Hall–Kier alpha value is -2.53. The van der Waals surface area contributed by atoms with Gasteiger partial charge < -0.3 is 14.8 Å². The molecule has 5 heteroatoms. The topological polar surface area (TPSA) is 50.8 Å². The molecule has 0 radical (unpaired) electrons. The van der Waals surface area contributed by atoms with Crippen LogP contribution in [-0.4, -0.2) is 42.6 Å². The number of para-hydroxylation sites is 3. The quantitative estimate of drug-likeness (QED) is 0.745. The van der Waals surface area contributed by atoms with E-state index in [1.54, 1.807) is 0 Å². The van der Waals surface area contributed by atoms with Gasteiger partial charge in [0.15, 0.2) is 11.5 Å². The molecular weight excluding hydrogens is 364 g/mol. The molecule has 1 aliphatic heterocycles. The summed E-state index contributed by atoms with van der Waals surface area (Å²) >= 11 is 0. The largest absolute Gasteiger partial charge is 0.490 e. The first-order chi connectivity index (χ1) is 14.0. The third-order valence-electron chi connectivity index (χ3n) is 5.58. The molecule has 0 bridgehead atoms. The lowest BCUT2D eigenvalue weighted by atomic mass is 10.0. The molecule has 2 aromatic rings. The number of nitrogens with zero attached hydrogens (tertiary/aromatic N) is 1. The molecule has 1 saturated heterocycles. The minimum atomic E-state index is -0.175. The number of amides is 1. The fourth-order valence-electron chi connectivity index (χ4n) is 3.79. The van der Waals surface area contributed by atoms with E-state index in [-0.39, 0.29) is 18.1 Å². The van der Waals surface area contributed by atoms with Crippen LogP contribution in [-0.2, 0) is 4.79 Å². The molecule has 1 heterocycles. The molecule has 0 spiro atoms. The molecule has 29 heavy (non-hydrogen) atoms. The van der Waals surface area contributed by atoms with Gasteiger partial charge >= 0.3 is 0 Å². The predicted molar refractivity (Wildman–Crippen MR) is 117 cm³/mol. The van der Waals surface area contributed by atoms with E-state index in [2.05, 4.69) is 10.2 Å². The van der Waals surface area contributed by atoms with Gasteiger partial charge in [0, 0.05) is 18.8 Å². The Bertz CT molecular complexity index is 808. The fourth-order valence-corrected chi connectivity index (χ4v) is 3.79. The number of piperidine rings is 1. The van der Waals surface area contributed by atoms with E-state index in [0.717, 1.165) is 54.2 Å². The highest BCUT2D eigenvalue weighted by Gasteiger charge is 2.28. The lowest BCUT2D eigenvalue weighted by Gasteiger charge is -2.35. The van der Waals surface area contributed by atoms with Crippen LogP contribution in [0.15, 0.2) is 42.5 Å². The predicted octanol–water partition coefficient (Wildman–Crippen LogP) is 4.57. The fraction of sp³-hybridized carbons (Fsp3) is 0.458. The van der Waals surface area contributed by atoms with Crippen LogP contribution >= 0.6 is 0 Å². The number of nitrogens with one attached hydrogen (secondary N) is 1. The second-order valence-corrected chi connectivity index (χ2v) is 7.66. The molecule has 1 N–H and O–H groups in total. The van der Waals surface area contributed by atoms with Gasteiger partial charge in [0.25, 0.3) is 0 Å². The number of carbonyl (C=O) groups excluding carboxylic acids is 1. The Balaban J connectivity index is 1.54. The lowest BCUT2D eigenvalue weighted by molar-refractivity contribution is -0.121. The minimum absolute atomic E-state index is 0.0449. The zero-order chi connectivity index (χ0) is 20.8. The Morgan fingerprint density at radius 3 is 2.31 bits per heavy atom. The number of likely N-dealkylation sites (tertiary alicyclic amines) is 1. The molecule has 2 aromatic carbocycles. The average molecular weight is 397 g/mol. The van der Waals surface area contributed by atoms with Crippen molar-refractivity contribution in [2.24, 2.45) is 0 Å². The van der Waals surface area contributed by atoms with Crippen molar-refractivity contribution < 1.29 is 14.3 Å². The standard InChI is InChI=1S/C24H32N2O3/c1-5-28-21-11-6-7-12-22(21)29-20-13-15-26(16-14-20)19(4)24(27)25-23-17(2)9-8-10-18(23)3/h6-12,19-20H,5,13-16H2,1-4H3,(H,25,27). The van der Waals surface area contributed by atoms with Gasteiger partial charge in [-0.3, -0.25) is 9.69 Å². The number of aryl methyl sites for hydroxylation is 2. The Kier molecular flexibility index (Phi) is 7.15. The maximum absolute atomic E-state index is 12.8. The van der Waals surface area contributed by atoms with E-state index in [4.69, 9.17) is 9.47 Å². The second kappa shape index (κ2) is 9.79. The molecule has 1 unspecified atom stereocenters. The Morgan fingerprint density at radius 1 is 1.07 bits per heavy atom. The van der Waals surface area contributed by atoms with E-state index >= 15 is 0 Å². The maximum atomic E-state index is 12.8. The van der Waals surface area contributed by atoms with Crippen LogP contribution in [0.5, 0.6) is 11.5 Å². The molecular formula is C24H32N2O3. The summed E-state index contributed by atoms with van der Waals surface area (Å²) in [5.74, 6) is 1.64. The Labute approximate surface area is 174 Å². The van der Waals surface area contributed by atoms with Crippen LogP contribution in [0.4, 0.5) is 5.69 Å². The number of hydrogen-bond acceptors (Lipinski definition) is 4. The lowest BCUT2D eigenvalue weighted by Crippen LogP contribution is -2.48. The summed E-state index contributed by atoms with van der Waals surface area (Å²) in [7, 11) is 0. The van der Waals surface area contributed by atoms with Gasteiger partial charge in [-0.2, -0.15) is 0 Å². The molecule has 0 aliphatic carbocycles. The van der Waals surface area contributed by atoms with E-state index in [1.165, 1.54) is 0 Å². The highest BCUT2D eigenvalue weighted by Crippen LogP contribution is 2.29. The van der Waals surface area contributed by atoms with Crippen molar-refractivity contribution in [3.8, 4) is 11.5 Å². The van der Waals surface area contributed by atoms with Crippen LogP contribution < -0.4 is 14.8 Å². The zero-order valence-electron chi connectivity index (χ0n) is 17.9. The first-order valence-corrected chi connectivity index (χ1v) is 10.5. The normalized spacial score (nSPS) is 16.3. The van der Waals surface area contributed by atoms with Crippen LogP contribution in [0.2, 0.25) is 0 Å². The number of anilines is 1. The van der Waals surface area contributed by atoms with Crippen LogP contribution in [0.1, 0.15) is 37.8 Å². The van der Waals surface area contributed by atoms with Crippen molar-refractivity contribution in [2.75, 3.05) is 25.0 Å². The van der Waals surface area contributed by atoms with Gasteiger partial charge in [0.05, 0.1) is 12.6 Å². The highest BCUT2D eigenvalue weighted by molar-refractivity contribution is 5.95. The monoisotopic (exact) mass is 396 g/mol. The maximum Gasteiger partial charge on any atom is 0.241 e. The SMILES string of the molecule is CCOc1ccccc1OC1CCN(C(C)C(=O)Nc2c(C)cccc2C)CC1. The number of benzene rings is 2.